The summed E-state index contributed by atoms with van der Waals surface area (Å²) >= 11 is 6.77. The van der Waals surface area contributed by atoms with Gasteiger partial charge in [-0.25, -0.2) is 9.79 Å². The van der Waals surface area contributed by atoms with E-state index in [4.69, 9.17) is 25.8 Å². The summed E-state index contributed by atoms with van der Waals surface area (Å²) in [7, 11) is 1.44. The molecule has 8 nitrogen and oxygen atoms in total. The van der Waals surface area contributed by atoms with Crippen molar-refractivity contribution in [3.8, 4) is 17.6 Å². The number of alkyl halides is 3. The molecule has 0 fully saturated rings. The molecule has 1 atom stereocenters. The highest BCUT2D eigenvalue weighted by Crippen LogP contribution is 2.38. The molecule has 0 bridgehead atoms. The predicted octanol–water partition coefficient (Wildman–Crippen LogP) is 5.45. The molecule has 230 valence electrons. The molecule has 0 saturated carbocycles. The van der Waals surface area contributed by atoms with Crippen LogP contribution in [0.25, 0.3) is 6.08 Å². The first-order chi connectivity index (χ1) is 21.5. The topological polar surface area (TPSA) is 103 Å². The van der Waals surface area contributed by atoms with E-state index in [0.29, 0.717) is 33.2 Å². The fraction of sp³-hybridized carbons (Fsp3) is 0.188. The molecule has 1 aliphatic heterocycles. The number of carbonyl (C=O) groups excluding carboxylic acids is 1. The van der Waals surface area contributed by atoms with Crippen molar-refractivity contribution >= 4 is 35.0 Å². The second-order valence-corrected chi connectivity index (χ2v) is 11.0. The van der Waals surface area contributed by atoms with Gasteiger partial charge in [0.25, 0.3) is 5.56 Å². The number of allylic oxidation sites excluding steroid dienone is 1. The fourth-order valence-corrected chi connectivity index (χ4v) is 5.88. The normalized spacial score (nSPS) is 14.8. The van der Waals surface area contributed by atoms with Crippen LogP contribution in [0.15, 0.2) is 87.8 Å². The molecule has 0 unspecified atom stereocenters. The maximum atomic E-state index is 14.3. The minimum atomic E-state index is -5.01. The number of benzene rings is 3. The zero-order valence-corrected chi connectivity index (χ0v) is 25.3. The molecule has 45 heavy (non-hydrogen) atoms. The summed E-state index contributed by atoms with van der Waals surface area (Å²) in [4.78, 5) is 30.3. The highest BCUT2D eigenvalue weighted by molar-refractivity contribution is 7.07. The van der Waals surface area contributed by atoms with Crippen molar-refractivity contribution in [1.29, 1.82) is 5.26 Å². The Labute approximate surface area is 263 Å². The molecular weight excluding hydrogens is 631 g/mol. The van der Waals surface area contributed by atoms with Crippen LogP contribution >= 0.6 is 22.9 Å². The third-order valence-electron chi connectivity index (χ3n) is 6.79. The van der Waals surface area contributed by atoms with Gasteiger partial charge in [-0.05, 0) is 54.5 Å². The molecule has 3 aromatic carbocycles. The molecule has 0 spiro atoms. The molecule has 13 heteroatoms. The Kier molecular flexibility index (Phi) is 9.13. The smallest absolute Gasteiger partial charge is 0.434 e. The zero-order valence-electron chi connectivity index (χ0n) is 23.7. The molecule has 0 amide bonds. The number of nitrogens with zero attached hydrogens (tertiary/aromatic N) is 3. The molecule has 0 N–H and O–H groups in total. The summed E-state index contributed by atoms with van der Waals surface area (Å²) in [5, 5.41) is 9.65. The van der Waals surface area contributed by atoms with Crippen LogP contribution in [0.1, 0.15) is 35.2 Å². The lowest BCUT2D eigenvalue weighted by molar-refractivity contribution is -0.140. The minimum absolute atomic E-state index is 0.0676. The Morgan fingerprint density at radius 3 is 2.53 bits per heavy atom. The summed E-state index contributed by atoms with van der Waals surface area (Å²) in [5.74, 6) is -0.532. The Morgan fingerprint density at radius 1 is 1.13 bits per heavy atom. The Morgan fingerprint density at radius 2 is 1.87 bits per heavy atom. The van der Waals surface area contributed by atoms with Gasteiger partial charge in [0.1, 0.15) is 6.61 Å². The van der Waals surface area contributed by atoms with Crippen molar-refractivity contribution in [2.24, 2.45) is 4.99 Å². The van der Waals surface area contributed by atoms with E-state index in [1.54, 1.807) is 42.5 Å². The highest BCUT2D eigenvalue weighted by atomic mass is 35.5. The van der Waals surface area contributed by atoms with Crippen LogP contribution in [-0.2, 0) is 16.1 Å². The van der Waals surface area contributed by atoms with Gasteiger partial charge in [-0.1, -0.05) is 59.3 Å². The zero-order chi connectivity index (χ0) is 32.3. The lowest BCUT2D eigenvalue weighted by atomic mass is 9.95. The number of nitriles is 1. The fourth-order valence-electron chi connectivity index (χ4n) is 4.76. The van der Waals surface area contributed by atoms with Gasteiger partial charge in [0.2, 0.25) is 0 Å². The van der Waals surface area contributed by atoms with Crippen molar-refractivity contribution in [2.75, 3.05) is 13.7 Å². The SMILES string of the molecule is CCOC(=O)C1=C(C(F)(F)F)N=c2s/c(=C\c3ccc(OCc4ccccc4C#N)c(OC)c3)c(=O)n2[C@@H]1c1ccc(Cl)cc1. The Balaban J connectivity index is 1.61. The van der Waals surface area contributed by atoms with Crippen molar-refractivity contribution in [1.82, 2.24) is 4.57 Å². The molecule has 1 aliphatic rings. The number of methoxy groups -OCH3 is 1. The standard InChI is InChI=1S/C32H23ClF3N3O5S/c1-3-43-30(41)26-27(19-9-11-22(33)12-10-19)39-29(40)25(45-31(39)38-28(26)32(34,35)36)15-18-8-13-23(24(14-18)42-2)44-17-21-7-5-4-6-20(21)16-37/h4-15,27H,3,17H2,1-2H3/b25-15-/t27-/m1/s1. The molecular formula is C32H23ClF3N3O5S. The van der Waals surface area contributed by atoms with E-state index in [1.165, 1.54) is 44.4 Å². The van der Waals surface area contributed by atoms with E-state index in [1.807, 2.05) is 0 Å². The van der Waals surface area contributed by atoms with E-state index >= 15 is 0 Å². The van der Waals surface area contributed by atoms with Crippen LogP contribution < -0.4 is 24.4 Å². The molecule has 0 saturated heterocycles. The van der Waals surface area contributed by atoms with Crippen LogP contribution in [0.4, 0.5) is 13.2 Å². The summed E-state index contributed by atoms with van der Waals surface area (Å²) in [6.07, 6.45) is -3.53. The van der Waals surface area contributed by atoms with Gasteiger partial charge in [-0.15, -0.1) is 0 Å². The lowest BCUT2D eigenvalue weighted by Gasteiger charge is -2.26. The first-order valence-electron chi connectivity index (χ1n) is 13.4. The van der Waals surface area contributed by atoms with Gasteiger partial charge in [0, 0.05) is 10.6 Å². The first-order valence-corrected chi connectivity index (χ1v) is 14.6. The van der Waals surface area contributed by atoms with Gasteiger partial charge in [0.15, 0.2) is 22.0 Å². The third kappa shape index (κ3) is 6.50. The number of rotatable bonds is 8. The van der Waals surface area contributed by atoms with E-state index in [-0.39, 0.29) is 28.1 Å². The van der Waals surface area contributed by atoms with E-state index < -0.39 is 35.0 Å². The molecule has 2 heterocycles. The van der Waals surface area contributed by atoms with E-state index in [0.717, 1.165) is 15.9 Å². The second kappa shape index (κ2) is 13.0. The quantitative estimate of drug-likeness (QED) is 0.234. The number of ether oxygens (including phenoxy) is 3. The third-order valence-corrected chi connectivity index (χ3v) is 8.02. The summed E-state index contributed by atoms with van der Waals surface area (Å²) < 4.78 is 60.4. The monoisotopic (exact) mass is 653 g/mol. The molecule has 5 rings (SSSR count). The van der Waals surface area contributed by atoms with Gasteiger partial charge < -0.3 is 14.2 Å². The molecule has 4 aromatic rings. The highest BCUT2D eigenvalue weighted by Gasteiger charge is 2.45. The molecule has 0 aliphatic carbocycles. The van der Waals surface area contributed by atoms with Gasteiger partial charge in [0.05, 0.1) is 41.5 Å². The predicted molar refractivity (Wildman–Crippen MR) is 161 cm³/mol. The number of carbonyl (C=O) groups is 1. The number of aromatic nitrogens is 1. The van der Waals surface area contributed by atoms with Crippen LogP contribution in [0.5, 0.6) is 11.5 Å². The van der Waals surface area contributed by atoms with Gasteiger partial charge in [-0.2, -0.15) is 18.4 Å². The Hall–Kier alpha value is -4.86. The number of hydrogen-bond acceptors (Lipinski definition) is 8. The van der Waals surface area contributed by atoms with E-state index in [2.05, 4.69) is 11.1 Å². The Bertz CT molecular complexity index is 2030. The minimum Gasteiger partial charge on any atom is -0.493 e. The van der Waals surface area contributed by atoms with Gasteiger partial charge >= 0.3 is 12.1 Å². The lowest BCUT2D eigenvalue weighted by Crippen LogP contribution is -2.41. The maximum Gasteiger partial charge on any atom is 0.434 e. The first kappa shape index (κ1) is 31.6. The molecule has 1 aromatic heterocycles. The largest absolute Gasteiger partial charge is 0.493 e. The van der Waals surface area contributed by atoms with Crippen molar-refractivity contribution < 1.29 is 32.2 Å². The number of fused-ring (bicyclic) bond motifs is 1. The van der Waals surface area contributed by atoms with Crippen LogP contribution in [0.2, 0.25) is 5.02 Å². The van der Waals surface area contributed by atoms with Crippen LogP contribution in [0.3, 0.4) is 0 Å². The van der Waals surface area contributed by atoms with Crippen LogP contribution in [0, 0.1) is 11.3 Å². The summed E-state index contributed by atoms with van der Waals surface area (Å²) in [6.45, 7) is 1.39. The maximum absolute atomic E-state index is 14.3. The summed E-state index contributed by atoms with van der Waals surface area (Å²) in [5.41, 5.74) is -1.03. The van der Waals surface area contributed by atoms with E-state index in [9.17, 15) is 28.0 Å². The number of esters is 1. The van der Waals surface area contributed by atoms with Gasteiger partial charge in [-0.3, -0.25) is 9.36 Å². The van der Waals surface area contributed by atoms with Crippen molar-refractivity contribution in [3.63, 3.8) is 0 Å². The van der Waals surface area contributed by atoms with Crippen LogP contribution in [-0.4, -0.2) is 30.4 Å². The summed E-state index contributed by atoms with van der Waals surface area (Å²) in [6, 6.07) is 18.3. The number of hydrogen-bond donors (Lipinski definition) is 0. The van der Waals surface area contributed by atoms with Crippen molar-refractivity contribution in [2.45, 2.75) is 25.7 Å². The van der Waals surface area contributed by atoms with Crippen molar-refractivity contribution in [3.05, 3.63) is 125 Å². The average Bonchev–Trinajstić information content (AvgIpc) is 3.33. The number of thiazole rings is 1. The molecule has 0 radical (unpaired) electrons. The second-order valence-electron chi connectivity index (χ2n) is 9.58. The average molecular weight is 654 g/mol. The number of halogens is 4.